The van der Waals surface area contributed by atoms with Crippen LogP contribution in [0.15, 0.2) is 5.38 Å². The minimum absolute atomic E-state index is 0.0382. The van der Waals surface area contributed by atoms with Crippen LogP contribution in [0.2, 0.25) is 0 Å². The third kappa shape index (κ3) is 3.66. The molecule has 0 radical (unpaired) electrons. The van der Waals surface area contributed by atoms with Crippen molar-refractivity contribution in [3.8, 4) is 0 Å². The summed E-state index contributed by atoms with van der Waals surface area (Å²) in [5.41, 5.74) is 0.739. The number of H-pyrrole nitrogens is 1. The van der Waals surface area contributed by atoms with Gasteiger partial charge in [-0.2, -0.15) is 0 Å². The molecule has 21 heavy (non-hydrogen) atoms. The van der Waals surface area contributed by atoms with Crippen molar-refractivity contribution in [2.45, 2.75) is 52.4 Å². The van der Waals surface area contributed by atoms with Crippen LogP contribution in [0.1, 0.15) is 63.7 Å². The number of aromatic amines is 1. The molecule has 114 valence electrons. The summed E-state index contributed by atoms with van der Waals surface area (Å²) in [6, 6.07) is 0. The highest BCUT2D eigenvalue weighted by molar-refractivity contribution is 7.14. The number of carbonyl (C=O) groups excluding carboxylic acids is 1. The van der Waals surface area contributed by atoms with Gasteiger partial charge in [0, 0.05) is 16.2 Å². The first kappa shape index (κ1) is 15.6. The quantitative estimate of drug-likeness (QED) is 0.893. The number of amides is 1. The number of thiazole rings is 1. The van der Waals surface area contributed by atoms with Gasteiger partial charge in [0.25, 0.3) is 5.91 Å². The van der Waals surface area contributed by atoms with E-state index in [1.165, 1.54) is 11.3 Å². The summed E-state index contributed by atoms with van der Waals surface area (Å²) in [6.07, 6.45) is 0. The second-order valence-corrected chi connectivity index (χ2v) is 7.86. The summed E-state index contributed by atoms with van der Waals surface area (Å²) in [5.74, 6) is 0.464. The van der Waals surface area contributed by atoms with Crippen molar-refractivity contribution in [3.63, 3.8) is 0 Å². The molecule has 2 rings (SSSR count). The molecule has 0 atom stereocenters. The first-order valence-electron chi connectivity index (χ1n) is 6.77. The maximum absolute atomic E-state index is 12.1. The van der Waals surface area contributed by atoms with Crippen LogP contribution in [0.25, 0.3) is 0 Å². The molecule has 1 amide bonds. The average Bonchev–Trinajstić information content (AvgIpc) is 2.94. The molecule has 0 saturated heterocycles. The molecule has 0 unspecified atom stereocenters. The van der Waals surface area contributed by atoms with E-state index >= 15 is 0 Å². The molecule has 6 nitrogen and oxygen atoms in total. The molecule has 0 aliphatic carbocycles. The minimum atomic E-state index is -0.350. The molecule has 0 aliphatic rings. The molecular formula is C14H21N5OS. The highest BCUT2D eigenvalue weighted by Crippen LogP contribution is 2.26. The first-order valence-corrected chi connectivity index (χ1v) is 7.65. The van der Waals surface area contributed by atoms with Crippen LogP contribution in [0.5, 0.6) is 0 Å². The lowest BCUT2D eigenvalue weighted by Gasteiger charge is -2.14. The second-order valence-electron chi connectivity index (χ2n) is 7.00. The topological polar surface area (TPSA) is 83.6 Å². The number of nitrogens with zero attached hydrogens (tertiary/aromatic N) is 3. The summed E-state index contributed by atoms with van der Waals surface area (Å²) in [6.45, 7) is 12.3. The monoisotopic (exact) mass is 307 g/mol. The van der Waals surface area contributed by atoms with Gasteiger partial charge in [-0.15, -0.1) is 16.4 Å². The van der Waals surface area contributed by atoms with E-state index in [4.69, 9.17) is 0 Å². The van der Waals surface area contributed by atoms with Crippen LogP contribution in [0.4, 0.5) is 5.13 Å². The number of carbonyl (C=O) groups is 1. The smallest absolute Gasteiger partial charge is 0.295 e. The van der Waals surface area contributed by atoms with Gasteiger partial charge in [0.2, 0.25) is 5.82 Å². The summed E-state index contributed by atoms with van der Waals surface area (Å²) in [4.78, 5) is 20.8. The van der Waals surface area contributed by atoms with Crippen LogP contribution in [0.3, 0.4) is 0 Å². The van der Waals surface area contributed by atoms with E-state index in [-0.39, 0.29) is 22.6 Å². The molecule has 2 N–H and O–H groups in total. The molecule has 2 heterocycles. The van der Waals surface area contributed by atoms with E-state index in [0.717, 1.165) is 5.69 Å². The molecule has 0 bridgehead atoms. The van der Waals surface area contributed by atoms with Gasteiger partial charge in [-0.3, -0.25) is 15.2 Å². The van der Waals surface area contributed by atoms with Gasteiger partial charge < -0.3 is 0 Å². The normalized spacial score (nSPS) is 12.5. The Labute approximate surface area is 128 Å². The second kappa shape index (κ2) is 5.22. The van der Waals surface area contributed by atoms with Crippen LogP contribution in [0, 0.1) is 0 Å². The maximum atomic E-state index is 12.1. The summed E-state index contributed by atoms with van der Waals surface area (Å²) >= 11 is 1.40. The molecule has 0 aromatic carbocycles. The Kier molecular flexibility index (Phi) is 3.88. The predicted octanol–water partition coefficient (Wildman–Crippen LogP) is 3.11. The zero-order chi connectivity index (χ0) is 15.8. The van der Waals surface area contributed by atoms with Crippen LogP contribution >= 0.6 is 11.3 Å². The molecule has 0 aliphatic heterocycles. The van der Waals surface area contributed by atoms with Crippen molar-refractivity contribution in [1.29, 1.82) is 0 Å². The molecule has 2 aromatic heterocycles. The van der Waals surface area contributed by atoms with Crippen molar-refractivity contribution in [2.24, 2.45) is 0 Å². The Bertz CT molecular complexity index is 645. The number of rotatable bonds is 2. The number of anilines is 1. The fourth-order valence-corrected chi connectivity index (χ4v) is 2.46. The molecule has 0 saturated carbocycles. The fraction of sp³-hybridized carbons (Fsp3) is 0.571. The lowest BCUT2D eigenvalue weighted by atomic mass is 9.93. The summed E-state index contributed by atoms with van der Waals surface area (Å²) in [7, 11) is 0. The van der Waals surface area contributed by atoms with Gasteiger partial charge >= 0.3 is 0 Å². The third-order valence-electron chi connectivity index (χ3n) is 2.89. The van der Waals surface area contributed by atoms with E-state index in [2.05, 4.69) is 46.3 Å². The Hall–Kier alpha value is -1.76. The van der Waals surface area contributed by atoms with Gasteiger partial charge in [0.15, 0.2) is 5.13 Å². The lowest BCUT2D eigenvalue weighted by Crippen LogP contribution is -2.16. The Morgan fingerprint density at radius 3 is 2.29 bits per heavy atom. The Morgan fingerprint density at radius 2 is 1.81 bits per heavy atom. The average molecular weight is 307 g/mol. The number of aromatic nitrogens is 4. The molecule has 0 spiro atoms. The van der Waals surface area contributed by atoms with Gasteiger partial charge in [-0.05, 0) is 0 Å². The Balaban J connectivity index is 2.11. The highest BCUT2D eigenvalue weighted by atomic mass is 32.1. The highest BCUT2D eigenvalue weighted by Gasteiger charge is 2.22. The van der Waals surface area contributed by atoms with E-state index in [0.29, 0.717) is 11.0 Å². The van der Waals surface area contributed by atoms with Crippen LogP contribution in [-0.2, 0) is 10.8 Å². The fourth-order valence-electron chi connectivity index (χ4n) is 1.53. The minimum Gasteiger partial charge on any atom is -0.295 e. The van der Waals surface area contributed by atoms with E-state index in [9.17, 15) is 4.79 Å². The van der Waals surface area contributed by atoms with E-state index in [1.807, 2.05) is 26.2 Å². The largest absolute Gasteiger partial charge is 0.297 e. The van der Waals surface area contributed by atoms with Gasteiger partial charge in [-0.25, -0.2) is 9.97 Å². The van der Waals surface area contributed by atoms with Crippen molar-refractivity contribution in [3.05, 3.63) is 22.7 Å². The zero-order valence-corrected chi connectivity index (χ0v) is 14.1. The Morgan fingerprint density at radius 1 is 1.14 bits per heavy atom. The number of hydrogen-bond donors (Lipinski definition) is 2. The van der Waals surface area contributed by atoms with Crippen LogP contribution in [-0.4, -0.2) is 26.1 Å². The predicted molar refractivity (Wildman–Crippen MR) is 83.8 cm³/mol. The number of hydrogen-bond acceptors (Lipinski definition) is 5. The number of nitrogens with one attached hydrogen (secondary N) is 2. The van der Waals surface area contributed by atoms with Crippen LogP contribution < -0.4 is 5.32 Å². The van der Waals surface area contributed by atoms with Crippen molar-refractivity contribution in [2.75, 3.05) is 5.32 Å². The molecular weight excluding hydrogens is 286 g/mol. The van der Waals surface area contributed by atoms with Crippen molar-refractivity contribution < 1.29 is 4.79 Å². The summed E-state index contributed by atoms with van der Waals surface area (Å²) < 4.78 is 0. The van der Waals surface area contributed by atoms with Gasteiger partial charge in [0.1, 0.15) is 5.82 Å². The molecule has 0 fully saturated rings. The summed E-state index contributed by atoms with van der Waals surface area (Å²) in [5, 5.41) is 12.0. The van der Waals surface area contributed by atoms with Gasteiger partial charge in [-0.1, -0.05) is 41.5 Å². The zero-order valence-electron chi connectivity index (χ0n) is 13.2. The van der Waals surface area contributed by atoms with Gasteiger partial charge in [0.05, 0.1) is 5.69 Å². The third-order valence-corrected chi connectivity index (χ3v) is 3.65. The van der Waals surface area contributed by atoms with Crippen molar-refractivity contribution in [1.82, 2.24) is 20.2 Å². The standard InChI is InChI=1S/C14H21N5OS/c1-13(2,3)8-7-21-12(15-8)17-10(20)9-16-11(19-18-9)14(4,5)6/h7H,1-6H3,(H,15,17,20)(H,16,18,19). The lowest BCUT2D eigenvalue weighted by molar-refractivity contribution is 0.101. The van der Waals surface area contributed by atoms with E-state index < -0.39 is 0 Å². The molecule has 2 aromatic rings. The SMILES string of the molecule is CC(C)(C)c1csc(NC(=O)c2n[nH]c(C(C)(C)C)n2)n1. The molecule has 7 heteroatoms. The first-order chi connectivity index (χ1) is 9.57. The van der Waals surface area contributed by atoms with Crippen molar-refractivity contribution >= 4 is 22.4 Å². The maximum Gasteiger partial charge on any atom is 0.297 e. The van der Waals surface area contributed by atoms with E-state index in [1.54, 1.807) is 0 Å².